The van der Waals surface area contributed by atoms with E-state index in [-0.39, 0.29) is 17.4 Å². The monoisotopic (exact) mass is 282 g/mol. The molecular weight excluding hydrogens is 256 g/mol. The smallest absolute Gasteiger partial charge is 0.307 e. The molecule has 0 bridgehead atoms. The van der Waals surface area contributed by atoms with Crippen LogP contribution in [0.4, 0.5) is 0 Å². The van der Waals surface area contributed by atoms with Crippen LogP contribution in [0.1, 0.15) is 44.9 Å². The number of likely N-dealkylation sites (N-methyl/N-ethyl adjacent to an activating group) is 1. The predicted molar refractivity (Wildman–Crippen MR) is 76.4 cm³/mol. The zero-order valence-electron chi connectivity index (χ0n) is 12.5. The highest BCUT2D eigenvalue weighted by molar-refractivity contribution is 5.84. The molecule has 0 aliphatic heterocycles. The van der Waals surface area contributed by atoms with E-state index in [1.807, 2.05) is 14.1 Å². The first kappa shape index (κ1) is 15.3. The summed E-state index contributed by atoms with van der Waals surface area (Å²) in [6.07, 6.45) is 6.63. The van der Waals surface area contributed by atoms with Crippen molar-refractivity contribution >= 4 is 11.9 Å². The van der Waals surface area contributed by atoms with Crippen LogP contribution in [-0.4, -0.2) is 48.1 Å². The largest absolute Gasteiger partial charge is 0.481 e. The molecule has 0 aromatic heterocycles. The second-order valence-corrected chi connectivity index (χ2v) is 6.53. The third-order valence-electron chi connectivity index (χ3n) is 5.24. The van der Waals surface area contributed by atoms with Gasteiger partial charge in [0.25, 0.3) is 0 Å². The van der Waals surface area contributed by atoms with E-state index in [1.165, 1.54) is 6.42 Å². The van der Waals surface area contributed by atoms with Gasteiger partial charge in [0.15, 0.2) is 0 Å². The van der Waals surface area contributed by atoms with E-state index < -0.39 is 11.9 Å². The molecule has 0 heterocycles. The third kappa shape index (κ3) is 2.97. The van der Waals surface area contributed by atoms with Crippen molar-refractivity contribution in [1.82, 2.24) is 10.2 Å². The molecule has 2 aliphatic rings. The van der Waals surface area contributed by atoms with Gasteiger partial charge in [0.2, 0.25) is 5.91 Å². The number of amides is 1. The third-order valence-corrected chi connectivity index (χ3v) is 5.24. The maximum atomic E-state index is 12.3. The number of rotatable bonds is 5. The standard InChI is InChI=1S/C15H26N2O3/c1-17(2)15(8-5-9-15)10-16-13(18)11-6-3-4-7-12(11)14(19)20/h11-12H,3-10H2,1-2H3,(H,16,18)(H,19,20). The highest BCUT2D eigenvalue weighted by atomic mass is 16.4. The van der Waals surface area contributed by atoms with E-state index in [0.717, 1.165) is 25.7 Å². The van der Waals surface area contributed by atoms with E-state index in [9.17, 15) is 14.7 Å². The maximum absolute atomic E-state index is 12.3. The lowest BCUT2D eigenvalue weighted by Crippen LogP contribution is -2.58. The molecule has 0 radical (unpaired) electrons. The zero-order chi connectivity index (χ0) is 14.8. The minimum atomic E-state index is -0.823. The number of hydrogen-bond donors (Lipinski definition) is 2. The van der Waals surface area contributed by atoms with Crippen molar-refractivity contribution < 1.29 is 14.7 Å². The minimum absolute atomic E-state index is 0.0646. The lowest BCUT2D eigenvalue weighted by Gasteiger charge is -2.47. The number of hydrogen-bond acceptors (Lipinski definition) is 3. The van der Waals surface area contributed by atoms with Crippen LogP contribution >= 0.6 is 0 Å². The Balaban J connectivity index is 1.92. The van der Waals surface area contributed by atoms with Crippen molar-refractivity contribution in [2.45, 2.75) is 50.5 Å². The first-order chi connectivity index (χ1) is 9.46. The number of carboxylic acids is 1. The summed E-state index contributed by atoms with van der Waals surface area (Å²) in [4.78, 5) is 25.8. The highest BCUT2D eigenvalue weighted by Gasteiger charge is 2.41. The predicted octanol–water partition coefficient (Wildman–Crippen LogP) is 1.48. The summed E-state index contributed by atoms with van der Waals surface area (Å²) in [5.74, 6) is -1.73. The van der Waals surface area contributed by atoms with Crippen LogP contribution in [-0.2, 0) is 9.59 Å². The quantitative estimate of drug-likeness (QED) is 0.801. The summed E-state index contributed by atoms with van der Waals surface area (Å²) in [7, 11) is 4.10. The molecule has 2 aliphatic carbocycles. The molecule has 0 aromatic rings. The SMILES string of the molecule is CN(C)C1(CNC(=O)C2CCCCC2C(=O)O)CCC1. The summed E-state index contributed by atoms with van der Waals surface area (Å²) < 4.78 is 0. The Morgan fingerprint density at radius 3 is 2.20 bits per heavy atom. The Morgan fingerprint density at radius 2 is 1.75 bits per heavy atom. The fourth-order valence-corrected chi connectivity index (χ4v) is 3.49. The van der Waals surface area contributed by atoms with Gasteiger partial charge in [-0.05, 0) is 46.2 Å². The Bertz CT molecular complexity index is 377. The molecule has 2 saturated carbocycles. The molecule has 5 heteroatoms. The Hall–Kier alpha value is -1.10. The molecule has 0 saturated heterocycles. The fourth-order valence-electron chi connectivity index (χ4n) is 3.49. The van der Waals surface area contributed by atoms with Crippen LogP contribution < -0.4 is 5.32 Å². The van der Waals surface area contributed by atoms with Gasteiger partial charge in [0, 0.05) is 12.1 Å². The average Bonchev–Trinajstić information content (AvgIpc) is 2.36. The minimum Gasteiger partial charge on any atom is -0.481 e. The van der Waals surface area contributed by atoms with E-state index in [2.05, 4.69) is 10.2 Å². The van der Waals surface area contributed by atoms with Crippen molar-refractivity contribution in [1.29, 1.82) is 0 Å². The zero-order valence-corrected chi connectivity index (χ0v) is 12.5. The summed E-state index contributed by atoms with van der Waals surface area (Å²) >= 11 is 0. The summed E-state index contributed by atoms with van der Waals surface area (Å²) in [6, 6.07) is 0. The second-order valence-electron chi connectivity index (χ2n) is 6.53. The number of nitrogens with zero attached hydrogens (tertiary/aromatic N) is 1. The number of nitrogens with one attached hydrogen (secondary N) is 1. The lowest BCUT2D eigenvalue weighted by atomic mass is 9.75. The molecule has 2 atom stereocenters. The first-order valence-corrected chi connectivity index (χ1v) is 7.64. The van der Waals surface area contributed by atoms with E-state index in [1.54, 1.807) is 0 Å². The van der Waals surface area contributed by atoms with Gasteiger partial charge in [0.05, 0.1) is 11.8 Å². The Morgan fingerprint density at radius 1 is 1.15 bits per heavy atom. The normalized spacial score (nSPS) is 28.8. The van der Waals surface area contributed by atoms with Gasteiger partial charge in [-0.1, -0.05) is 12.8 Å². The van der Waals surface area contributed by atoms with E-state index in [4.69, 9.17) is 0 Å². The molecule has 0 aromatic carbocycles. The number of carbonyl (C=O) groups excluding carboxylic acids is 1. The molecule has 1 amide bonds. The van der Waals surface area contributed by atoms with Gasteiger partial charge in [-0.25, -0.2) is 0 Å². The van der Waals surface area contributed by atoms with Gasteiger partial charge in [-0.15, -0.1) is 0 Å². The average molecular weight is 282 g/mol. The summed E-state index contributed by atoms with van der Waals surface area (Å²) in [6.45, 7) is 0.641. The van der Waals surface area contributed by atoms with E-state index in [0.29, 0.717) is 19.4 Å². The van der Waals surface area contributed by atoms with Crippen LogP contribution in [0.5, 0.6) is 0 Å². The van der Waals surface area contributed by atoms with Gasteiger partial charge in [0.1, 0.15) is 0 Å². The van der Waals surface area contributed by atoms with Crippen LogP contribution in [0.2, 0.25) is 0 Å². The molecular formula is C15H26N2O3. The maximum Gasteiger partial charge on any atom is 0.307 e. The van der Waals surface area contributed by atoms with Gasteiger partial charge in [-0.3, -0.25) is 9.59 Å². The first-order valence-electron chi connectivity index (χ1n) is 7.64. The number of carbonyl (C=O) groups is 2. The highest BCUT2D eigenvalue weighted by Crippen LogP contribution is 2.36. The van der Waals surface area contributed by atoms with Gasteiger partial charge < -0.3 is 15.3 Å². The number of carboxylic acid groups (broad SMARTS) is 1. The molecule has 0 spiro atoms. The number of aliphatic carboxylic acids is 1. The van der Waals surface area contributed by atoms with Crippen molar-refractivity contribution in [3.8, 4) is 0 Å². The molecule has 2 N–H and O–H groups in total. The molecule has 114 valence electrons. The van der Waals surface area contributed by atoms with Crippen molar-refractivity contribution in [2.24, 2.45) is 11.8 Å². The lowest BCUT2D eigenvalue weighted by molar-refractivity contribution is -0.149. The molecule has 20 heavy (non-hydrogen) atoms. The molecule has 2 fully saturated rings. The van der Waals surface area contributed by atoms with Gasteiger partial charge in [-0.2, -0.15) is 0 Å². The summed E-state index contributed by atoms with van der Waals surface area (Å²) in [5, 5.41) is 12.3. The second kappa shape index (κ2) is 6.12. The topological polar surface area (TPSA) is 69.6 Å². The van der Waals surface area contributed by atoms with E-state index >= 15 is 0 Å². The van der Waals surface area contributed by atoms with Crippen molar-refractivity contribution in [2.75, 3.05) is 20.6 Å². The molecule has 2 unspecified atom stereocenters. The Kier molecular flexibility index (Phi) is 4.68. The van der Waals surface area contributed by atoms with Crippen LogP contribution in [0.25, 0.3) is 0 Å². The molecule has 2 rings (SSSR count). The molecule has 5 nitrogen and oxygen atoms in total. The van der Waals surface area contributed by atoms with Crippen LogP contribution in [0.3, 0.4) is 0 Å². The summed E-state index contributed by atoms with van der Waals surface area (Å²) in [5.41, 5.74) is 0.0864. The fraction of sp³-hybridized carbons (Fsp3) is 0.867. The van der Waals surface area contributed by atoms with Gasteiger partial charge >= 0.3 is 5.97 Å². The van der Waals surface area contributed by atoms with Crippen molar-refractivity contribution in [3.63, 3.8) is 0 Å². The van der Waals surface area contributed by atoms with Crippen LogP contribution in [0, 0.1) is 11.8 Å². The van der Waals surface area contributed by atoms with Crippen LogP contribution in [0.15, 0.2) is 0 Å². The Labute approximate surface area is 120 Å². The van der Waals surface area contributed by atoms with Crippen molar-refractivity contribution in [3.05, 3.63) is 0 Å².